The van der Waals surface area contributed by atoms with Gasteiger partial charge in [-0.1, -0.05) is 34.1 Å². The van der Waals surface area contributed by atoms with Crippen LogP contribution in [0.3, 0.4) is 0 Å². The third-order valence-corrected chi connectivity index (χ3v) is 3.28. The van der Waals surface area contributed by atoms with Gasteiger partial charge < -0.3 is 15.2 Å². The number of halogens is 1. The van der Waals surface area contributed by atoms with Crippen LogP contribution >= 0.6 is 15.9 Å². The first-order valence-electron chi connectivity index (χ1n) is 5.93. The van der Waals surface area contributed by atoms with Crippen molar-refractivity contribution in [3.8, 4) is 5.75 Å². The molecule has 2 N–H and O–H groups in total. The van der Waals surface area contributed by atoms with Gasteiger partial charge in [0.15, 0.2) is 0 Å². The van der Waals surface area contributed by atoms with E-state index in [4.69, 9.17) is 15.2 Å². The van der Waals surface area contributed by atoms with E-state index in [1.54, 1.807) is 13.2 Å². The summed E-state index contributed by atoms with van der Waals surface area (Å²) in [6.07, 6.45) is 0. The number of nitrogens with two attached hydrogens (primary N) is 1. The molecule has 4 heteroatoms. The highest BCUT2D eigenvalue weighted by Crippen LogP contribution is 2.22. The molecule has 3 nitrogen and oxygen atoms in total. The van der Waals surface area contributed by atoms with E-state index < -0.39 is 0 Å². The molecule has 0 spiro atoms. The fourth-order valence-electron chi connectivity index (χ4n) is 1.74. The van der Waals surface area contributed by atoms with Crippen LogP contribution in [0, 0.1) is 0 Å². The van der Waals surface area contributed by atoms with Gasteiger partial charge in [0.25, 0.3) is 0 Å². The molecule has 0 radical (unpaired) electrons. The molecule has 0 aliphatic rings. The molecule has 0 unspecified atom stereocenters. The van der Waals surface area contributed by atoms with Crippen LogP contribution in [0.25, 0.3) is 0 Å². The summed E-state index contributed by atoms with van der Waals surface area (Å²) < 4.78 is 12.0. The normalized spacial score (nSPS) is 10.4. The quantitative estimate of drug-likeness (QED) is 0.853. The fourth-order valence-corrected chi connectivity index (χ4v) is 2.00. The molecule has 2 aromatic rings. The van der Waals surface area contributed by atoms with Gasteiger partial charge in [-0.15, -0.1) is 0 Å². The second-order valence-electron chi connectivity index (χ2n) is 4.19. The molecule has 0 fully saturated rings. The molecule has 0 aliphatic heterocycles. The van der Waals surface area contributed by atoms with Crippen molar-refractivity contribution in [1.82, 2.24) is 0 Å². The van der Waals surface area contributed by atoms with Gasteiger partial charge in [-0.25, -0.2) is 0 Å². The highest BCUT2D eigenvalue weighted by Gasteiger charge is 2.03. The lowest BCUT2D eigenvalue weighted by Gasteiger charge is -2.10. The number of anilines is 1. The number of ether oxygens (including phenoxy) is 2. The Kier molecular flexibility index (Phi) is 4.82. The third kappa shape index (κ3) is 3.98. The summed E-state index contributed by atoms with van der Waals surface area (Å²) in [7, 11) is 1.63. The Morgan fingerprint density at radius 1 is 1.05 bits per heavy atom. The lowest BCUT2D eigenvalue weighted by Crippen LogP contribution is -1.98. The molecule has 100 valence electrons. The van der Waals surface area contributed by atoms with Crippen molar-refractivity contribution in [1.29, 1.82) is 0 Å². The van der Waals surface area contributed by atoms with Crippen molar-refractivity contribution < 1.29 is 9.47 Å². The maximum atomic E-state index is 5.71. The highest BCUT2D eigenvalue weighted by atomic mass is 79.9. The maximum absolute atomic E-state index is 5.71. The number of benzene rings is 2. The van der Waals surface area contributed by atoms with Crippen LogP contribution in [0.5, 0.6) is 5.75 Å². The van der Waals surface area contributed by atoms with Crippen LogP contribution in [-0.4, -0.2) is 7.11 Å². The Labute approximate surface area is 121 Å². The molecule has 0 aliphatic carbocycles. The maximum Gasteiger partial charge on any atom is 0.126 e. The van der Waals surface area contributed by atoms with E-state index >= 15 is 0 Å². The molecule has 2 rings (SSSR count). The molecular formula is C15H16BrNO2. The minimum absolute atomic E-state index is 0.500. The molecule has 0 saturated carbocycles. The Balaban J connectivity index is 1.94. The summed E-state index contributed by atoms with van der Waals surface area (Å²) in [4.78, 5) is 0. The van der Waals surface area contributed by atoms with Gasteiger partial charge in [0.2, 0.25) is 0 Å². The first kappa shape index (κ1) is 13.9. The summed E-state index contributed by atoms with van der Waals surface area (Å²) in [6, 6.07) is 13.6. The topological polar surface area (TPSA) is 44.5 Å². The van der Waals surface area contributed by atoms with Gasteiger partial charge in [0, 0.05) is 21.8 Å². The summed E-state index contributed by atoms with van der Waals surface area (Å²) in [6.45, 7) is 1.07. The fraction of sp³-hybridized carbons (Fsp3) is 0.200. The molecule has 0 aromatic heterocycles. The van der Waals surface area contributed by atoms with Gasteiger partial charge in [0.1, 0.15) is 5.75 Å². The zero-order chi connectivity index (χ0) is 13.7. The van der Waals surface area contributed by atoms with Gasteiger partial charge >= 0.3 is 0 Å². The van der Waals surface area contributed by atoms with Gasteiger partial charge in [-0.05, 0) is 23.8 Å². The van der Waals surface area contributed by atoms with E-state index in [0.717, 1.165) is 21.3 Å². The first-order valence-corrected chi connectivity index (χ1v) is 6.73. The average Bonchev–Trinajstić information content (AvgIpc) is 2.42. The third-order valence-electron chi connectivity index (χ3n) is 2.75. The molecule has 0 saturated heterocycles. The number of hydrogen-bond donors (Lipinski definition) is 1. The van der Waals surface area contributed by atoms with E-state index in [9.17, 15) is 0 Å². The summed E-state index contributed by atoms with van der Waals surface area (Å²) in [5.41, 5.74) is 8.53. The van der Waals surface area contributed by atoms with Crippen molar-refractivity contribution in [2.45, 2.75) is 13.2 Å². The monoisotopic (exact) mass is 321 g/mol. The Morgan fingerprint density at radius 2 is 1.79 bits per heavy atom. The van der Waals surface area contributed by atoms with Crippen LogP contribution in [0.4, 0.5) is 5.69 Å². The molecular weight excluding hydrogens is 306 g/mol. The van der Waals surface area contributed by atoms with Crippen molar-refractivity contribution in [2.24, 2.45) is 0 Å². The molecule has 2 aromatic carbocycles. The van der Waals surface area contributed by atoms with Crippen LogP contribution in [0.15, 0.2) is 46.9 Å². The second kappa shape index (κ2) is 6.59. The molecule has 0 heterocycles. The Hall–Kier alpha value is -1.52. The summed E-state index contributed by atoms with van der Waals surface area (Å²) >= 11 is 3.41. The van der Waals surface area contributed by atoms with Gasteiger partial charge in [-0.3, -0.25) is 0 Å². The van der Waals surface area contributed by atoms with Gasteiger partial charge in [0.05, 0.1) is 20.3 Å². The van der Waals surface area contributed by atoms with E-state index in [-0.39, 0.29) is 0 Å². The Morgan fingerprint density at radius 3 is 2.47 bits per heavy atom. The minimum Gasteiger partial charge on any atom is -0.496 e. The lowest BCUT2D eigenvalue weighted by molar-refractivity contribution is 0.105. The zero-order valence-corrected chi connectivity index (χ0v) is 12.3. The first-order chi connectivity index (χ1) is 9.19. The number of nitrogen functional groups attached to an aromatic ring is 1. The number of methoxy groups -OCH3 is 1. The molecule has 0 atom stereocenters. The van der Waals surface area contributed by atoms with Crippen molar-refractivity contribution in [2.75, 3.05) is 12.8 Å². The number of hydrogen-bond acceptors (Lipinski definition) is 3. The average molecular weight is 322 g/mol. The predicted molar refractivity (Wildman–Crippen MR) is 80.0 cm³/mol. The SMILES string of the molecule is COc1cc(N)ccc1COCc1ccc(Br)cc1. The smallest absolute Gasteiger partial charge is 0.126 e. The van der Waals surface area contributed by atoms with Crippen molar-refractivity contribution >= 4 is 21.6 Å². The van der Waals surface area contributed by atoms with Crippen LogP contribution in [0.2, 0.25) is 0 Å². The van der Waals surface area contributed by atoms with Crippen LogP contribution in [-0.2, 0) is 18.0 Å². The van der Waals surface area contributed by atoms with Crippen LogP contribution < -0.4 is 10.5 Å². The van der Waals surface area contributed by atoms with E-state index in [1.807, 2.05) is 36.4 Å². The molecule has 19 heavy (non-hydrogen) atoms. The second-order valence-corrected chi connectivity index (χ2v) is 5.11. The Bertz CT molecular complexity index is 540. The molecule has 0 amide bonds. The van der Waals surface area contributed by atoms with Gasteiger partial charge in [-0.2, -0.15) is 0 Å². The highest BCUT2D eigenvalue weighted by molar-refractivity contribution is 9.10. The van der Waals surface area contributed by atoms with Crippen LogP contribution in [0.1, 0.15) is 11.1 Å². The van der Waals surface area contributed by atoms with E-state index in [2.05, 4.69) is 15.9 Å². The predicted octanol–water partition coefficient (Wildman–Crippen LogP) is 3.76. The standard InChI is InChI=1S/C15H16BrNO2/c1-18-15-8-14(17)7-4-12(15)10-19-9-11-2-5-13(16)6-3-11/h2-8H,9-10,17H2,1H3. The minimum atomic E-state index is 0.500. The number of rotatable bonds is 5. The largest absolute Gasteiger partial charge is 0.496 e. The molecule has 0 bridgehead atoms. The summed E-state index contributed by atoms with van der Waals surface area (Å²) in [5.74, 6) is 0.760. The lowest BCUT2D eigenvalue weighted by atomic mass is 10.2. The van der Waals surface area contributed by atoms with E-state index in [0.29, 0.717) is 18.9 Å². The summed E-state index contributed by atoms with van der Waals surface area (Å²) in [5, 5.41) is 0. The zero-order valence-electron chi connectivity index (χ0n) is 10.7. The van der Waals surface area contributed by atoms with Crippen molar-refractivity contribution in [3.05, 3.63) is 58.1 Å². The van der Waals surface area contributed by atoms with E-state index in [1.165, 1.54) is 0 Å². The van der Waals surface area contributed by atoms with Crippen molar-refractivity contribution in [3.63, 3.8) is 0 Å².